The van der Waals surface area contributed by atoms with E-state index in [0.29, 0.717) is 43.6 Å². The highest BCUT2D eigenvalue weighted by Crippen LogP contribution is 2.28. The van der Waals surface area contributed by atoms with Crippen molar-refractivity contribution in [1.29, 1.82) is 0 Å². The van der Waals surface area contributed by atoms with Gasteiger partial charge in [-0.05, 0) is 30.3 Å². The fraction of sp³-hybridized carbons (Fsp3) is 0.304. The Morgan fingerprint density at radius 1 is 1.12 bits per heavy atom. The maximum atomic E-state index is 14.4. The SMILES string of the molecule is CC(=O)N1CCN(c2cccc(Nc3ncc(F)c(Nc4ccc5c(n4)NCCO5)n3)c2)CC1. The smallest absolute Gasteiger partial charge is 0.229 e. The molecule has 1 fully saturated rings. The van der Waals surface area contributed by atoms with E-state index in [2.05, 4.69) is 35.8 Å². The minimum Gasteiger partial charge on any atom is -0.488 e. The lowest BCUT2D eigenvalue weighted by Crippen LogP contribution is -2.48. The third-order valence-electron chi connectivity index (χ3n) is 5.69. The zero-order valence-corrected chi connectivity index (χ0v) is 18.7. The molecular weight excluding hydrogens is 439 g/mol. The molecule has 11 heteroatoms. The number of hydrogen-bond acceptors (Lipinski definition) is 9. The number of rotatable bonds is 5. The van der Waals surface area contributed by atoms with Crippen LogP contribution in [0.15, 0.2) is 42.6 Å². The van der Waals surface area contributed by atoms with Crippen molar-refractivity contribution in [3.8, 4) is 5.75 Å². The summed E-state index contributed by atoms with van der Waals surface area (Å²) < 4.78 is 19.9. The second kappa shape index (κ2) is 9.38. The minimum atomic E-state index is -0.591. The number of nitrogens with zero attached hydrogens (tertiary/aromatic N) is 5. The number of hydrogen-bond donors (Lipinski definition) is 3. The van der Waals surface area contributed by atoms with Gasteiger partial charge in [-0.2, -0.15) is 4.98 Å². The van der Waals surface area contributed by atoms with Crippen molar-refractivity contribution >= 4 is 40.7 Å². The number of piperazine rings is 1. The van der Waals surface area contributed by atoms with Crippen LogP contribution in [0.1, 0.15) is 6.92 Å². The molecule has 0 unspecified atom stereocenters. The van der Waals surface area contributed by atoms with E-state index in [1.807, 2.05) is 29.2 Å². The summed E-state index contributed by atoms with van der Waals surface area (Å²) in [5.74, 6) is 1.47. The van der Waals surface area contributed by atoms with Crippen molar-refractivity contribution in [2.45, 2.75) is 6.92 Å². The van der Waals surface area contributed by atoms with Gasteiger partial charge in [0.2, 0.25) is 11.9 Å². The highest BCUT2D eigenvalue weighted by Gasteiger charge is 2.19. The molecule has 2 aliphatic rings. The Morgan fingerprint density at radius 3 is 2.79 bits per heavy atom. The number of benzene rings is 1. The zero-order chi connectivity index (χ0) is 23.5. The normalized spacial score (nSPS) is 15.1. The number of fused-ring (bicyclic) bond motifs is 1. The topological polar surface area (TPSA) is 108 Å². The highest BCUT2D eigenvalue weighted by atomic mass is 19.1. The molecule has 3 aromatic rings. The van der Waals surface area contributed by atoms with Crippen molar-refractivity contribution in [2.24, 2.45) is 0 Å². The molecule has 2 aliphatic heterocycles. The Bertz CT molecular complexity index is 1200. The van der Waals surface area contributed by atoms with Gasteiger partial charge in [-0.3, -0.25) is 4.79 Å². The largest absolute Gasteiger partial charge is 0.488 e. The average Bonchev–Trinajstić information content (AvgIpc) is 2.86. The Kier molecular flexibility index (Phi) is 5.98. The molecule has 1 saturated heterocycles. The molecule has 0 atom stereocenters. The first kappa shape index (κ1) is 21.7. The van der Waals surface area contributed by atoms with Crippen LogP contribution in [0.5, 0.6) is 5.75 Å². The maximum absolute atomic E-state index is 14.4. The summed E-state index contributed by atoms with van der Waals surface area (Å²) in [7, 11) is 0. The average molecular weight is 465 g/mol. The molecule has 0 saturated carbocycles. The highest BCUT2D eigenvalue weighted by molar-refractivity contribution is 5.73. The zero-order valence-electron chi connectivity index (χ0n) is 18.7. The van der Waals surface area contributed by atoms with Crippen molar-refractivity contribution < 1.29 is 13.9 Å². The quantitative estimate of drug-likeness (QED) is 0.525. The summed E-state index contributed by atoms with van der Waals surface area (Å²) in [6.07, 6.45) is 1.11. The third kappa shape index (κ3) is 4.77. The first-order valence-electron chi connectivity index (χ1n) is 11.1. The van der Waals surface area contributed by atoms with Crippen LogP contribution in [0, 0.1) is 5.82 Å². The summed E-state index contributed by atoms with van der Waals surface area (Å²) in [6, 6.07) is 11.3. The number of pyridine rings is 1. The van der Waals surface area contributed by atoms with Crippen LogP contribution < -0.4 is 25.6 Å². The Labute approximate surface area is 196 Å². The predicted molar refractivity (Wildman–Crippen MR) is 128 cm³/mol. The van der Waals surface area contributed by atoms with Crippen LogP contribution in [0.4, 0.5) is 39.2 Å². The van der Waals surface area contributed by atoms with E-state index in [9.17, 15) is 9.18 Å². The van der Waals surface area contributed by atoms with Gasteiger partial charge in [-0.25, -0.2) is 14.4 Å². The summed E-state index contributed by atoms with van der Waals surface area (Å²) in [5, 5.41) is 9.20. The first-order valence-corrected chi connectivity index (χ1v) is 11.1. The van der Waals surface area contributed by atoms with Gasteiger partial charge < -0.3 is 30.5 Å². The van der Waals surface area contributed by atoms with Gasteiger partial charge in [0.1, 0.15) is 12.4 Å². The maximum Gasteiger partial charge on any atom is 0.229 e. The standard InChI is InChI=1S/C23H25FN8O2/c1-15(33)31-8-10-32(11-9-31)17-4-2-3-16(13-17)27-23-26-14-18(24)21(30-23)28-20-6-5-19-22(29-20)25-7-12-34-19/h2-6,13-14H,7-12H2,1H3,(H3,25,26,27,28,29,30). The molecule has 0 aliphatic carbocycles. The summed E-state index contributed by atoms with van der Waals surface area (Å²) >= 11 is 0. The van der Waals surface area contributed by atoms with Crippen molar-refractivity contribution in [3.63, 3.8) is 0 Å². The molecule has 0 radical (unpaired) electrons. The summed E-state index contributed by atoms with van der Waals surface area (Å²) in [6.45, 7) is 5.75. The predicted octanol–water partition coefficient (Wildman–Crippen LogP) is 2.97. The van der Waals surface area contributed by atoms with Crippen LogP contribution in [0.25, 0.3) is 0 Å². The molecule has 5 rings (SSSR count). The lowest BCUT2D eigenvalue weighted by molar-refractivity contribution is -0.129. The number of carbonyl (C=O) groups is 1. The van der Waals surface area contributed by atoms with Crippen LogP contribution in [-0.4, -0.2) is 65.1 Å². The van der Waals surface area contributed by atoms with Crippen molar-refractivity contribution in [1.82, 2.24) is 19.9 Å². The van der Waals surface area contributed by atoms with Gasteiger partial charge in [0.15, 0.2) is 23.2 Å². The Morgan fingerprint density at radius 2 is 1.97 bits per heavy atom. The van der Waals surface area contributed by atoms with E-state index in [1.54, 1.807) is 19.1 Å². The molecule has 3 N–H and O–H groups in total. The van der Waals surface area contributed by atoms with Crippen LogP contribution in [0.3, 0.4) is 0 Å². The second-order valence-corrected chi connectivity index (χ2v) is 8.00. The van der Waals surface area contributed by atoms with E-state index in [0.717, 1.165) is 30.7 Å². The monoisotopic (exact) mass is 464 g/mol. The number of ether oxygens (including phenoxy) is 1. The number of nitrogens with one attached hydrogen (secondary N) is 3. The number of aromatic nitrogens is 3. The number of amides is 1. The molecule has 10 nitrogen and oxygen atoms in total. The Balaban J connectivity index is 1.29. The van der Waals surface area contributed by atoms with E-state index in [-0.39, 0.29) is 17.7 Å². The molecular formula is C23H25FN8O2. The number of anilines is 6. The van der Waals surface area contributed by atoms with Gasteiger partial charge in [-0.15, -0.1) is 0 Å². The summed E-state index contributed by atoms with van der Waals surface area (Å²) in [4.78, 5) is 28.4. The van der Waals surface area contributed by atoms with Crippen LogP contribution in [0.2, 0.25) is 0 Å². The lowest BCUT2D eigenvalue weighted by atomic mass is 10.2. The minimum absolute atomic E-state index is 0.0122. The third-order valence-corrected chi connectivity index (χ3v) is 5.69. The Hall–Kier alpha value is -4.15. The van der Waals surface area contributed by atoms with E-state index >= 15 is 0 Å². The molecule has 2 aromatic heterocycles. The van der Waals surface area contributed by atoms with Crippen LogP contribution >= 0.6 is 0 Å². The molecule has 0 spiro atoms. The van der Waals surface area contributed by atoms with Gasteiger partial charge in [0.25, 0.3) is 0 Å². The van der Waals surface area contributed by atoms with Gasteiger partial charge in [0, 0.05) is 44.5 Å². The molecule has 4 heterocycles. The van der Waals surface area contributed by atoms with E-state index in [1.165, 1.54) is 0 Å². The molecule has 34 heavy (non-hydrogen) atoms. The van der Waals surface area contributed by atoms with Gasteiger partial charge >= 0.3 is 0 Å². The number of carbonyl (C=O) groups excluding carboxylic acids is 1. The lowest BCUT2D eigenvalue weighted by Gasteiger charge is -2.35. The molecule has 176 valence electrons. The van der Waals surface area contributed by atoms with E-state index < -0.39 is 5.82 Å². The van der Waals surface area contributed by atoms with Gasteiger partial charge in [-0.1, -0.05) is 6.07 Å². The fourth-order valence-corrected chi connectivity index (χ4v) is 3.91. The van der Waals surface area contributed by atoms with Crippen LogP contribution in [-0.2, 0) is 4.79 Å². The number of halogens is 1. The first-order chi connectivity index (χ1) is 16.5. The van der Waals surface area contributed by atoms with Gasteiger partial charge in [0.05, 0.1) is 12.7 Å². The molecule has 1 amide bonds. The fourth-order valence-electron chi connectivity index (χ4n) is 3.91. The van der Waals surface area contributed by atoms with Crippen molar-refractivity contribution in [3.05, 3.63) is 48.4 Å². The molecule has 1 aromatic carbocycles. The van der Waals surface area contributed by atoms with Crippen molar-refractivity contribution in [2.75, 3.05) is 60.2 Å². The second-order valence-electron chi connectivity index (χ2n) is 8.00. The van der Waals surface area contributed by atoms with E-state index in [4.69, 9.17) is 4.74 Å². The summed E-state index contributed by atoms with van der Waals surface area (Å²) in [5.41, 5.74) is 1.80. The molecule has 0 bridgehead atoms.